The SMILES string of the molecule is Fc1ccc(-n2c(Cn3c(-c4ccccc4)nc(-c4ccccc4)c3-c3ccccc3)n[nH]c2=S)cc1. The van der Waals surface area contributed by atoms with Crippen molar-refractivity contribution >= 4 is 12.2 Å². The topological polar surface area (TPSA) is 51.4 Å². The van der Waals surface area contributed by atoms with Crippen LogP contribution in [0.2, 0.25) is 0 Å². The van der Waals surface area contributed by atoms with E-state index >= 15 is 0 Å². The molecule has 2 aromatic heterocycles. The molecule has 0 atom stereocenters. The number of imidazole rings is 1. The second-order valence-corrected chi connectivity index (χ2v) is 8.96. The van der Waals surface area contributed by atoms with E-state index in [2.05, 4.69) is 51.2 Å². The molecular weight excluding hydrogens is 481 g/mol. The van der Waals surface area contributed by atoms with Crippen LogP contribution in [0.1, 0.15) is 5.82 Å². The summed E-state index contributed by atoms with van der Waals surface area (Å²) in [6.07, 6.45) is 0. The normalized spacial score (nSPS) is 11.1. The third-order valence-electron chi connectivity index (χ3n) is 6.22. The Morgan fingerprint density at radius 2 is 1.27 bits per heavy atom. The molecule has 0 amide bonds. The average molecular weight is 504 g/mol. The lowest BCUT2D eigenvalue weighted by atomic mass is 10.0. The van der Waals surface area contributed by atoms with Crippen molar-refractivity contribution in [2.75, 3.05) is 0 Å². The van der Waals surface area contributed by atoms with E-state index in [0.29, 0.717) is 17.1 Å². The van der Waals surface area contributed by atoms with Gasteiger partial charge in [0.2, 0.25) is 0 Å². The molecule has 0 radical (unpaired) electrons. The molecule has 6 rings (SSSR count). The maximum atomic E-state index is 13.7. The number of hydrogen-bond donors (Lipinski definition) is 1. The first kappa shape index (κ1) is 22.8. The van der Waals surface area contributed by atoms with Crippen LogP contribution in [0.15, 0.2) is 115 Å². The number of benzene rings is 4. The van der Waals surface area contributed by atoms with Gasteiger partial charge in [0.25, 0.3) is 0 Å². The molecular formula is C30H22FN5S. The zero-order chi connectivity index (χ0) is 25.2. The first-order valence-corrected chi connectivity index (χ1v) is 12.3. The molecule has 5 nitrogen and oxygen atoms in total. The third-order valence-corrected chi connectivity index (χ3v) is 6.49. The smallest absolute Gasteiger partial charge is 0.199 e. The van der Waals surface area contributed by atoms with Crippen LogP contribution in [-0.4, -0.2) is 24.3 Å². The summed E-state index contributed by atoms with van der Waals surface area (Å²) in [5.41, 5.74) is 5.65. The van der Waals surface area contributed by atoms with E-state index in [1.807, 2.05) is 59.2 Å². The lowest BCUT2D eigenvalue weighted by Gasteiger charge is -2.14. The van der Waals surface area contributed by atoms with Gasteiger partial charge in [0, 0.05) is 22.4 Å². The summed E-state index contributed by atoms with van der Waals surface area (Å²) in [6, 6.07) is 36.8. The summed E-state index contributed by atoms with van der Waals surface area (Å²) in [5, 5.41) is 7.48. The first-order chi connectivity index (χ1) is 18.2. The minimum Gasteiger partial charge on any atom is -0.316 e. The first-order valence-electron chi connectivity index (χ1n) is 11.9. The molecule has 0 saturated heterocycles. The van der Waals surface area contributed by atoms with Crippen LogP contribution in [0, 0.1) is 10.6 Å². The minimum atomic E-state index is -0.305. The van der Waals surface area contributed by atoms with Gasteiger partial charge in [0.1, 0.15) is 11.6 Å². The van der Waals surface area contributed by atoms with Crippen LogP contribution in [0.4, 0.5) is 4.39 Å². The minimum absolute atomic E-state index is 0.305. The van der Waals surface area contributed by atoms with Crippen LogP contribution in [-0.2, 0) is 6.54 Å². The monoisotopic (exact) mass is 503 g/mol. The molecule has 7 heteroatoms. The Morgan fingerprint density at radius 1 is 0.703 bits per heavy atom. The standard InChI is InChI=1S/C30H22FN5S/c31-24-16-18-25(19-17-24)36-26(33-34-30(36)37)20-35-28(22-12-6-2-7-13-22)27(21-10-4-1-5-11-21)32-29(35)23-14-8-3-9-15-23/h1-19H,20H2,(H,34,37). The molecule has 2 heterocycles. The number of nitrogens with one attached hydrogen (secondary N) is 1. The Bertz CT molecular complexity index is 1700. The fourth-order valence-corrected chi connectivity index (χ4v) is 4.79. The van der Waals surface area contributed by atoms with E-state index in [-0.39, 0.29) is 5.82 Å². The van der Waals surface area contributed by atoms with Crippen LogP contribution < -0.4 is 0 Å². The van der Waals surface area contributed by atoms with Crippen LogP contribution in [0.25, 0.3) is 39.6 Å². The maximum Gasteiger partial charge on any atom is 0.199 e. The molecule has 0 unspecified atom stereocenters. The van der Waals surface area contributed by atoms with Gasteiger partial charge in [-0.25, -0.2) is 9.37 Å². The summed E-state index contributed by atoms with van der Waals surface area (Å²) < 4.78 is 18.1. The van der Waals surface area contributed by atoms with E-state index in [9.17, 15) is 4.39 Å². The highest BCUT2D eigenvalue weighted by atomic mass is 32.1. The number of hydrogen-bond acceptors (Lipinski definition) is 3. The molecule has 0 spiro atoms. The summed E-state index contributed by atoms with van der Waals surface area (Å²) in [6.45, 7) is 0.388. The van der Waals surface area contributed by atoms with Gasteiger partial charge in [-0.3, -0.25) is 9.67 Å². The molecule has 0 fully saturated rings. The Hall–Kier alpha value is -4.62. The number of rotatable bonds is 6. The van der Waals surface area contributed by atoms with Crippen molar-refractivity contribution in [3.05, 3.63) is 132 Å². The van der Waals surface area contributed by atoms with E-state index < -0.39 is 0 Å². The van der Waals surface area contributed by atoms with Crippen molar-refractivity contribution < 1.29 is 4.39 Å². The van der Waals surface area contributed by atoms with Gasteiger partial charge in [-0.2, -0.15) is 5.10 Å². The fourth-order valence-electron chi connectivity index (χ4n) is 4.53. The van der Waals surface area contributed by atoms with Crippen molar-refractivity contribution in [2.24, 2.45) is 0 Å². The Labute approximate surface area is 218 Å². The van der Waals surface area contributed by atoms with E-state index in [0.717, 1.165) is 39.6 Å². The van der Waals surface area contributed by atoms with Gasteiger partial charge in [-0.1, -0.05) is 91.0 Å². The molecule has 0 saturated carbocycles. The third kappa shape index (κ3) is 4.41. The summed E-state index contributed by atoms with van der Waals surface area (Å²) in [7, 11) is 0. The molecule has 0 aliphatic heterocycles. The van der Waals surface area contributed by atoms with Crippen molar-refractivity contribution in [2.45, 2.75) is 6.54 Å². The van der Waals surface area contributed by atoms with Gasteiger partial charge >= 0.3 is 0 Å². The van der Waals surface area contributed by atoms with Crippen molar-refractivity contribution in [3.63, 3.8) is 0 Å². The second-order valence-electron chi connectivity index (χ2n) is 8.57. The lowest BCUT2D eigenvalue weighted by Crippen LogP contribution is -2.10. The van der Waals surface area contributed by atoms with E-state index in [4.69, 9.17) is 17.2 Å². The predicted molar refractivity (Wildman–Crippen MR) is 146 cm³/mol. The quantitative estimate of drug-likeness (QED) is 0.242. The van der Waals surface area contributed by atoms with E-state index in [1.54, 1.807) is 12.1 Å². The highest BCUT2D eigenvalue weighted by Crippen LogP contribution is 2.36. The number of nitrogens with zero attached hydrogens (tertiary/aromatic N) is 4. The number of H-pyrrole nitrogens is 1. The van der Waals surface area contributed by atoms with E-state index in [1.165, 1.54) is 12.1 Å². The molecule has 4 aromatic carbocycles. The highest BCUT2D eigenvalue weighted by molar-refractivity contribution is 7.71. The Kier molecular flexibility index (Phi) is 6.04. The van der Waals surface area contributed by atoms with Crippen LogP contribution in [0.5, 0.6) is 0 Å². The number of aromatic nitrogens is 5. The molecule has 0 aliphatic rings. The molecule has 37 heavy (non-hydrogen) atoms. The van der Waals surface area contributed by atoms with Crippen LogP contribution >= 0.6 is 12.2 Å². The summed E-state index contributed by atoms with van der Waals surface area (Å²) in [4.78, 5) is 5.18. The average Bonchev–Trinajstić information content (AvgIpc) is 3.51. The zero-order valence-corrected chi connectivity index (χ0v) is 20.6. The molecule has 1 N–H and O–H groups in total. The molecule has 6 aromatic rings. The van der Waals surface area contributed by atoms with Crippen molar-refractivity contribution in [1.29, 1.82) is 0 Å². The van der Waals surface area contributed by atoms with Gasteiger partial charge in [0.15, 0.2) is 10.6 Å². The number of aromatic amines is 1. The Balaban J connectivity index is 1.61. The highest BCUT2D eigenvalue weighted by Gasteiger charge is 2.23. The van der Waals surface area contributed by atoms with Crippen molar-refractivity contribution in [1.82, 2.24) is 24.3 Å². The maximum absolute atomic E-state index is 13.7. The number of halogens is 1. The predicted octanol–water partition coefficient (Wildman–Crippen LogP) is 7.31. The molecule has 180 valence electrons. The second kappa shape index (κ2) is 9.79. The summed E-state index contributed by atoms with van der Waals surface area (Å²) >= 11 is 5.56. The van der Waals surface area contributed by atoms with Gasteiger partial charge in [-0.15, -0.1) is 0 Å². The lowest BCUT2D eigenvalue weighted by molar-refractivity contribution is 0.627. The fraction of sp³-hybridized carbons (Fsp3) is 0.0333. The molecule has 0 bridgehead atoms. The largest absolute Gasteiger partial charge is 0.316 e. The summed E-state index contributed by atoms with van der Waals surface area (Å²) in [5.74, 6) is 1.20. The molecule has 0 aliphatic carbocycles. The zero-order valence-electron chi connectivity index (χ0n) is 19.8. The van der Waals surface area contributed by atoms with Crippen LogP contribution in [0.3, 0.4) is 0 Å². The van der Waals surface area contributed by atoms with Gasteiger partial charge in [0.05, 0.1) is 17.9 Å². The van der Waals surface area contributed by atoms with Crippen molar-refractivity contribution in [3.8, 4) is 39.6 Å². The van der Waals surface area contributed by atoms with Gasteiger partial charge < -0.3 is 4.57 Å². The Morgan fingerprint density at radius 3 is 1.89 bits per heavy atom. The van der Waals surface area contributed by atoms with Gasteiger partial charge in [-0.05, 0) is 36.5 Å².